The summed E-state index contributed by atoms with van der Waals surface area (Å²) in [6.07, 6.45) is 4.75. The fourth-order valence-electron chi connectivity index (χ4n) is 3.98. The van der Waals surface area contributed by atoms with E-state index in [1.807, 2.05) is 18.2 Å². The number of fused-ring (bicyclic) bond motifs is 1. The highest BCUT2D eigenvalue weighted by atomic mass is 16.5. The van der Waals surface area contributed by atoms with Gasteiger partial charge in [0, 0.05) is 25.6 Å². The van der Waals surface area contributed by atoms with Gasteiger partial charge in [-0.05, 0) is 37.8 Å². The van der Waals surface area contributed by atoms with E-state index in [0.717, 1.165) is 44.4 Å². The number of carbonyl (C=O) groups is 2. The molecule has 2 aliphatic heterocycles. The van der Waals surface area contributed by atoms with Crippen LogP contribution in [-0.4, -0.2) is 55.0 Å². The fraction of sp³-hybridized carbons (Fsp3) is 0.636. The van der Waals surface area contributed by atoms with Crippen molar-refractivity contribution in [3.05, 3.63) is 29.8 Å². The molecule has 0 bridgehead atoms. The number of piperidine rings is 1. The molecule has 28 heavy (non-hydrogen) atoms. The molecule has 1 fully saturated rings. The zero-order chi connectivity index (χ0) is 19.9. The number of carbonyl (C=O) groups excluding carboxylic acids is 2. The van der Waals surface area contributed by atoms with Crippen molar-refractivity contribution in [1.82, 2.24) is 15.5 Å². The van der Waals surface area contributed by atoms with E-state index >= 15 is 0 Å². The number of ether oxygens (including phenoxy) is 1. The summed E-state index contributed by atoms with van der Waals surface area (Å²) in [5.74, 6) is 1.03. The van der Waals surface area contributed by atoms with Crippen molar-refractivity contribution in [3.63, 3.8) is 0 Å². The Morgan fingerprint density at radius 2 is 2.04 bits per heavy atom. The third-order valence-electron chi connectivity index (χ3n) is 5.80. The Kier molecular flexibility index (Phi) is 7.31. The number of nitrogens with one attached hydrogen (secondary N) is 2. The van der Waals surface area contributed by atoms with Gasteiger partial charge in [-0.2, -0.15) is 0 Å². The molecule has 6 heteroatoms. The lowest BCUT2D eigenvalue weighted by atomic mass is 9.92. The van der Waals surface area contributed by atoms with Crippen molar-refractivity contribution >= 4 is 11.8 Å². The van der Waals surface area contributed by atoms with Gasteiger partial charge in [0.25, 0.3) is 0 Å². The Labute approximate surface area is 168 Å². The number of unbranched alkanes of at least 4 members (excludes halogenated alkanes) is 1. The lowest BCUT2D eigenvalue weighted by Gasteiger charge is -2.36. The number of likely N-dealkylation sites (tertiary alicyclic amines) is 1. The van der Waals surface area contributed by atoms with E-state index in [4.69, 9.17) is 4.74 Å². The molecule has 154 valence electrons. The maximum Gasteiger partial charge on any atom is 0.234 e. The molecule has 3 atom stereocenters. The second-order valence-corrected chi connectivity index (χ2v) is 8.05. The van der Waals surface area contributed by atoms with Crippen molar-refractivity contribution in [2.45, 2.75) is 58.1 Å². The highest BCUT2D eigenvalue weighted by molar-refractivity contribution is 5.80. The molecule has 0 aromatic heterocycles. The SMILES string of the molecule is CCCCNC(=O)C1CCC(C)N(CC(=O)NCC2Cc3ccccc3O2)C1. The molecule has 0 saturated carbocycles. The van der Waals surface area contributed by atoms with E-state index in [0.29, 0.717) is 25.7 Å². The van der Waals surface area contributed by atoms with Gasteiger partial charge in [0.05, 0.1) is 19.0 Å². The van der Waals surface area contributed by atoms with Crippen LogP contribution in [-0.2, 0) is 16.0 Å². The maximum absolute atomic E-state index is 12.5. The molecule has 3 rings (SSSR count). The first-order chi connectivity index (χ1) is 13.6. The lowest BCUT2D eigenvalue weighted by Crippen LogP contribution is -2.50. The first-order valence-corrected chi connectivity index (χ1v) is 10.6. The van der Waals surface area contributed by atoms with Crippen molar-refractivity contribution in [1.29, 1.82) is 0 Å². The normalized spacial score (nSPS) is 24.3. The summed E-state index contributed by atoms with van der Waals surface area (Å²) in [4.78, 5) is 27.0. The number of hydrogen-bond donors (Lipinski definition) is 2. The van der Waals surface area contributed by atoms with Crippen LogP contribution in [0.15, 0.2) is 24.3 Å². The summed E-state index contributed by atoms with van der Waals surface area (Å²) in [5, 5.41) is 6.04. The molecule has 1 aromatic carbocycles. The van der Waals surface area contributed by atoms with Gasteiger partial charge < -0.3 is 15.4 Å². The van der Waals surface area contributed by atoms with Gasteiger partial charge in [-0.1, -0.05) is 31.5 Å². The minimum absolute atomic E-state index is 0.00144. The number of hydrogen-bond acceptors (Lipinski definition) is 4. The van der Waals surface area contributed by atoms with Crippen LogP contribution in [0.4, 0.5) is 0 Å². The monoisotopic (exact) mass is 387 g/mol. The topological polar surface area (TPSA) is 70.7 Å². The molecule has 0 radical (unpaired) electrons. The zero-order valence-electron chi connectivity index (χ0n) is 17.1. The van der Waals surface area contributed by atoms with E-state index < -0.39 is 0 Å². The van der Waals surface area contributed by atoms with Gasteiger partial charge in [-0.25, -0.2) is 0 Å². The fourth-order valence-corrected chi connectivity index (χ4v) is 3.98. The summed E-state index contributed by atoms with van der Waals surface area (Å²) >= 11 is 0. The largest absolute Gasteiger partial charge is 0.488 e. The maximum atomic E-state index is 12.5. The van der Waals surface area contributed by atoms with Gasteiger partial charge in [0.1, 0.15) is 11.9 Å². The van der Waals surface area contributed by atoms with Crippen LogP contribution < -0.4 is 15.4 Å². The van der Waals surface area contributed by atoms with Gasteiger partial charge in [-0.3, -0.25) is 14.5 Å². The highest BCUT2D eigenvalue weighted by Crippen LogP contribution is 2.27. The summed E-state index contributed by atoms with van der Waals surface area (Å²) in [6, 6.07) is 8.33. The minimum Gasteiger partial charge on any atom is -0.488 e. The quantitative estimate of drug-likeness (QED) is 0.671. The van der Waals surface area contributed by atoms with E-state index in [1.54, 1.807) is 0 Å². The smallest absolute Gasteiger partial charge is 0.234 e. The van der Waals surface area contributed by atoms with Crippen LogP contribution in [0.5, 0.6) is 5.75 Å². The Morgan fingerprint density at radius 3 is 2.82 bits per heavy atom. The summed E-state index contributed by atoms with van der Waals surface area (Å²) in [7, 11) is 0. The predicted molar refractivity (Wildman–Crippen MR) is 109 cm³/mol. The zero-order valence-corrected chi connectivity index (χ0v) is 17.1. The first kappa shape index (κ1) is 20.6. The predicted octanol–water partition coefficient (Wildman–Crippen LogP) is 2.12. The Bertz CT molecular complexity index is 654. The van der Waals surface area contributed by atoms with E-state index in [-0.39, 0.29) is 23.8 Å². The second kappa shape index (κ2) is 9.92. The molecule has 2 amide bonds. The number of nitrogens with zero attached hydrogens (tertiary/aromatic N) is 1. The van der Waals surface area contributed by atoms with Crippen LogP contribution in [0.1, 0.15) is 45.1 Å². The number of rotatable bonds is 8. The van der Waals surface area contributed by atoms with Crippen molar-refractivity contribution < 1.29 is 14.3 Å². The van der Waals surface area contributed by atoms with Crippen molar-refractivity contribution in [2.24, 2.45) is 5.92 Å². The Balaban J connectivity index is 1.42. The van der Waals surface area contributed by atoms with Crippen LogP contribution in [0.25, 0.3) is 0 Å². The third-order valence-corrected chi connectivity index (χ3v) is 5.80. The van der Waals surface area contributed by atoms with Crippen LogP contribution in [0.2, 0.25) is 0 Å². The molecule has 0 aliphatic carbocycles. The van der Waals surface area contributed by atoms with Crippen LogP contribution in [0.3, 0.4) is 0 Å². The van der Waals surface area contributed by atoms with E-state index in [9.17, 15) is 9.59 Å². The average Bonchev–Trinajstić information content (AvgIpc) is 3.11. The third kappa shape index (κ3) is 5.47. The number of benzene rings is 1. The van der Waals surface area contributed by atoms with Crippen LogP contribution >= 0.6 is 0 Å². The number of amides is 2. The molecule has 0 spiro atoms. The van der Waals surface area contributed by atoms with Crippen molar-refractivity contribution in [2.75, 3.05) is 26.2 Å². The molecule has 1 saturated heterocycles. The minimum atomic E-state index is -0.0199. The van der Waals surface area contributed by atoms with Crippen molar-refractivity contribution in [3.8, 4) is 5.75 Å². The van der Waals surface area contributed by atoms with Crippen LogP contribution in [0, 0.1) is 5.92 Å². The second-order valence-electron chi connectivity index (χ2n) is 8.05. The lowest BCUT2D eigenvalue weighted by molar-refractivity contribution is -0.130. The molecular weight excluding hydrogens is 354 g/mol. The van der Waals surface area contributed by atoms with E-state index in [2.05, 4.69) is 35.4 Å². The first-order valence-electron chi connectivity index (χ1n) is 10.6. The molecular formula is C22H33N3O3. The Morgan fingerprint density at radius 1 is 1.21 bits per heavy atom. The highest BCUT2D eigenvalue weighted by Gasteiger charge is 2.31. The van der Waals surface area contributed by atoms with Gasteiger partial charge in [-0.15, -0.1) is 0 Å². The van der Waals surface area contributed by atoms with Gasteiger partial charge in [0.15, 0.2) is 0 Å². The molecule has 2 heterocycles. The average molecular weight is 388 g/mol. The summed E-state index contributed by atoms with van der Waals surface area (Å²) in [5.41, 5.74) is 1.20. The molecule has 3 unspecified atom stereocenters. The van der Waals surface area contributed by atoms with E-state index in [1.165, 1.54) is 5.56 Å². The number of para-hydroxylation sites is 1. The summed E-state index contributed by atoms with van der Waals surface area (Å²) < 4.78 is 5.88. The molecule has 1 aromatic rings. The molecule has 2 N–H and O–H groups in total. The summed E-state index contributed by atoms with van der Waals surface area (Å²) in [6.45, 7) is 6.49. The van der Waals surface area contributed by atoms with Gasteiger partial charge >= 0.3 is 0 Å². The molecule has 6 nitrogen and oxygen atoms in total. The van der Waals surface area contributed by atoms with Gasteiger partial charge in [0.2, 0.25) is 11.8 Å². The molecule has 2 aliphatic rings. The standard InChI is InChI=1S/C22H33N3O3/c1-3-4-11-23-22(27)18-10-9-16(2)25(14-18)15-21(26)24-13-19-12-17-7-5-6-8-20(17)28-19/h5-8,16,18-19H,3-4,9-15H2,1-2H3,(H,23,27)(H,24,26). The Hall–Kier alpha value is -2.08.